The van der Waals surface area contributed by atoms with E-state index in [1.165, 1.54) is 0 Å². The highest BCUT2D eigenvalue weighted by atomic mass is 15.4. The molecule has 0 aliphatic rings. The van der Waals surface area contributed by atoms with Gasteiger partial charge in [-0.2, -0.15) is 0 Å². The standard InChI is InChI=1S/C28H38N12/c1-5-37-21-31-39(7-3)27(37)35-33-25-15-11-23(12-16-25)29-19-9-10-20-30-24-13-17-26(18-14-24)34-36-28-38(6-2)22-32-40(28)8-4/h11-18,21-22H,5-10,19-20H2,1-4H3/p+2. The van der Waals surface area contributed by atoms with Crippen molar-refractivity contribution in [1.29, 1.82) is 0 Å². The number of benzene rings is 2. The summed E-state index contributed by atoms with van der Waals surface area (Å²) in [5.74, 6) is 1.51. The van der Waals surface area contributed by atoms with Crippen LogP contribution in [0.3, 0.4) is 0 Å². The largest absolute Gasteiger partial charge is 0.403 e. The summed E-state index contributed by atoms with van der Waals surface area (Å²) in [6, 6.07) is 16.0. The second-order valence-corrected chi connectivity index (χ2v) is 9.12. The van der Waals surface area contributed by atoms with E-state index in [2.05, 4.69) is 55.1 Å². The molecule has 210 valence electrons. The van der Waals surface area contributed by atoms with Crippen LogP contribution >= 0.6 is 0 Å². The van der Waals surface area contributed by atoms with Gasteiger partial charge in [0.15, 0.2) is 0 Å². The van der Waals surface area contributed by atoms with E-state index >= 15 is 0 Å². The molecule has 0 atom stereocenters. The monoisotopic (exact) mass is 544 g/mol. The predicted octanol–water partition coefficient (Wildman–Crippen LogP) is 5.87. The van der Waals surface area contributed by atoms with E-state index in [1.54, 1.807) is 12.7 Å². The summed E-state index contributed by atoms with van der Waals surface area (Å²) in [4.78, 5) is 0. The third-order valence-electron chi connectivity index (χ3n) is 6.42. The molecule has 0 aliphatic carbocycles. The van der Waals surface area contributed by atoms with Crippen LogP contribution in [0.2, 0.25) is 0 Å². The van der Waals surface area contributed by atoms with E-state index in [0.29, 0.717) is 0 Å². The van der Waals surface area contributed by atoms with Crippen LogP contribution in [0, 0.1) is 0 Å². The molecule has 2 aromatic carbocycles. The van der Waals surface area contributed by atoms with Crippen molar-refractivity contribution in [2.45, 2.75) is 66.7 Å². The molecule has 2 heterocycles. The first-order valence-corrected chi connectivity index (χ1v) is 14.1. The summed E-state index contributed by atoms with van der Waals surface area (Å²) in [5, 5.41) is 33.2. The number of aryl methyl sites for hydroxylation is 4. The maximum absolute atomic E-state index is 4.41. The Hall–Kier alpha value is -4.48. The van der Waals surface area contributed by atoms with Crippen LogP contribution in [0.15, 0.2) is 81.6 Å². The van der Waals surface area contributed by atoms with Crippen molar-refractivity contribution in [2.24, 2.45) is 20.5 Å². The van der Waals surface area contributed by atoms with Crippen molar-refractivity contribution in [3.8, 4) is 0 Å². The number of hydrogen-bond acceptors (Lipinski definition) is 8. The molecule has 0 aliphatic heterocycles. The molecular weight excluding hydrogens is 504 g/mol. The molecule has 0 saturated carbocycles. The molecule has 0 spiro atoms. The van der Waals surface area contributed by atoms with Crippen LogP contribution < -0.4 is 19.8 Å². The van der Waals surface area contributed by atoms with Gasteiger partial charge in [-0.15, -0.1) is 9.36 Å². The molecule has 0 amide bonds. The van der Waals surface area contributed by atoms with Crippen molar-refractivity contribution < 1.29 is 9.13 Å². The molecule has 12 nitrogen and oxygen atoms in total. The second-order valence-electron chi connectivity index (χ2n) is 9.12. The lowest BCUT2D eigenvalue weighted by molar-refractivity contribution is -0.681. The molecular formula is C28H40N12+2. The van der Waals surface area contributed by atoms with Crippen LogP contribution in [0.5, 0.6) is 0 Å². The molecule has 2 aromatic heterocycles. The van der Waals surface area contributed by atoms with Gasteiger partial charge >= 0.3 is 11.9 Å². The normalized spacial score (nSPS) is 11.6. The number of azo groups is 2. The van der Waals surface area contributed by atoms with Gasteiger partial charge in [-0.3, -0.25) is 0 Å². The molecule has 0 bridgehead atoms. The zero-order valence-corrected chi connectivity index (χ0v) is 23.9. The van der Waals surface area contributed by atoms with Crippen LogP contribution in [0.1, 0.15) is 40.5 Å². The maximum Gasteiger partial charge on any atom is 0.403 e. The first-order chi connectivity index (χ1) is 19.6. The van der Waals surface area contributed by atoms with Crippen LogP contribution in [-0.4, -0.2) is 32.7 Å². The van der Waals surface area contributed by atoms with E-state index in [0.717, 1.165) is 86.8 Å². The number of rotatable bonds is 15. The van der Waals surface area contributed by atoms with Crippen molar-refractivity contribution >= 4 is 34.6 Å². The smallest absolute Gasteiger partial charge is 0.385 e. The number of hydrogen-bond donors (Lipinski definition) is 2. The van der Waals surface area contributed by atoms with Gasteiger partial charge in [-0.1, -0.05) is 10.2 Å². The van der Waals surface area contributed by atoms with E-state index in [-0.39, 0.29) is 0 Å². The third-order valence-corrected chi connectivity index (χ3v) is 6.42. The zero-order chi connectivity index (χ0) is 28.2. The summed E-state index contributed by atoms with van der Waals surface area (Å²) in [5.41, 5.74) is 3.77. The van der Waals surface area contributed by atoms with Crippen molar-refractivity contribution in [3.05, 3.63) is 61.2 Å². The van der Waals surface area contributed by atoms with Crippen molar-refractivity contribution in [1.82, 2.24) is 19.6 Å². The fourth-order valence-electron chi connectivity index (χ4n) is 4.08. The lowest BCUT2D eigenvalue weighted by Crippen LogP contribution is -2.30. The first-order valence-electron chi connectivity index (χ1n) is 14.1. The van der Waals surface area contributed by atoms with Gasteiger partial charge in [0.2, 0.25) is 12.7 Å². The number of nitrogens with one attached hydrogen (secondary N) is 2. The molecule has 0 saturated heterocycles. The summed E-state index contributed by atoms with van der Waals surface area (Å²) < 4.78 is 7.64. The Morgan fingerprint density at radius 1 is 0.600 bits per heavy atom. The number of unbranched alkanes of at least 4 members (excludes halogenated alkanes) is 1. The maximum atomic E-state index is 4.41. The second kappa shape index (κ2) is 14.6. The Bertz CT molecular complexity index is 1230. The Kier molecular flexibility index (Phi) is 10.4. The van der Waals surface area contributed by atoms with Gasteiger partial charge in [0.1, 0.15) is 0 Å². The molecule has 0 radical (unpaired) electrons. The van der Waals surface area contributed by atoms with Gasteiger partial charge in [0, 0.05) is 34.7 Å². The molecule has 4 rings (SSSR count). The minimum Gasteiger partial charge on any atom is -0.385 e. The van der Waals surface area contributed by atoms with E-state index < -0.39 is 0 Å². The highest BCUT2D eigenvalue weighted by Crippen LogP contribution is 2.20. The highest BCUT2D eigenvalue weighted by Gasteiger charge is 2.16. The van der Waals surface area contributed by atoms with Crippen molar-refractivity contribution in [3.63, 3.8) is 0 Å². The summed E-state index contributed by atoms with van der Waals surface area (Å²) >= 11 is 0. The molecule has 2 N–H and O–H groups in total. The van der Waals surface area contributed by atoms with Crippen molar-refractivity contribution in [2.75, 3.05) is 23.7 Å². The zero-order valence-electron chi connectivity index (χ0n) is 23.9. The van der Waals surface area contributed by atoms with E-state index in [9.17, 15) is 0 Å². The van der Waals surface area contributed by atoms with Crippen LogP contribution in [-0.2, 0) is 26.2 Å². The molecule has 0 fully saturated rings. The summed E-state index contributed by atoms with van der Waals surface area (Å²) in [7, 11) is 0. The number of aromatic nitrogens is 6. The summed E-state index contributed by atoms with van der Waals surface area (Å²) in [6.45, 7) is 13.1. The lowest BCUT2D eigenvalue weighted by atomic mass is 10.2. The Morgan fingerprint density at radius 3 is 1.35 bits per heavy atom. The van der Waals surface area contributed by atoms with Crippen LogP contribution in [0.4, 0.5) is 34.6 Å². The Balaban J connectivity index is 1.16. The molecule has 0 unspecified atom stereocenters. The topological polar surface area (TPSA) is 117 Å². The minimum atomic E-state index is 0.753. The van der Waals surface area contributed by atoms with E-state index in [4.69, 9.17) is 0 Å². The Morgan fingerprint density at radius 2 is 1.00 bits per heavy atom. The number of nitrogens with zero attached hydrogens (tertiary/aromatic N) is 10. The fourth-order valence-corrected chi connectivity index (χ4v) is 4.08. The first kappa shape index (κ1) is 28.5. The SMILES string of the molecule is CCn1nc[n+](CC)c1N=Nc1ccc(NCCCCNc2ccc(N=Nc3n(CC)nc[n+]3CC)cc2)cc1. The fraction of sp³-hybridized carbons (Fsp3) is 0.429. The predicted molar refractivity (Wildman–Crippen MR) is 155 cm³/mol. The van der Waals surface area contributed by atoms with Gasteiger partial charge in [-0.25, -0.2) is 9.13 Å². The minimum absolute atomic E-state index is 0.753. The van der Waals surface area contributed by atoms with Gasteiger partial charge in [-0.05, 0) is 99.3 Å². The average Bonchev–Trinajstić information content (AvgIpc) is 3.60. The molecule has 4 aromatic rings. The lowest BCUT2D eigenvalue weighted by Gasteiger charge is -2.08. The average molecular weight is 545 g/mol. The summed E-state index contributed by atoms with van der Waals surface area (Å²) in [6.07, 6.45) is 5.69. The Labute approximate surface area is 235 Å². The van der Waals surface area contributed by atoms with Gasteiger partial charge in [0.05, 0.1) is 37.6 Å². The van der Waals surface area contributed by atoms with E-state index in [1.807, 2.05) is 80.9 Å². The van der Waals surface area contributed by atoms with Gasteiger partial charge in [0.25, 0.3) is 0 Å². The molecule has 40 heavy (non-hydrogen) atoms. The molecule has 12 heteroatoms. The number of anilines is 2. The quantitative estimate of drug-likeness (QED) is 0.111. The van der Waals surface area contributed by atoms with Gasteiger partial charge < -0.3 is 10.6 Å². The van der Waals surface area contributed by atoms with Crippen LogP contribution in [0.25, 0.3) is 0 Å². The third kappa shape index (κ3) is 7.55. The highest BCUT2D eigenvalue weighted by molar-refractivity contribution is 5.51.